The van der Waals surface area contributed by atoms with Crippen molar-refractivity contribution in [1.29, 1.82) is 0 Å². The van der Waals surface area contributed by atoms with Crippen LogP contribution in [-0.4, -0.2) is 38.0 Å². The van der Waals surface area contributed by atoms with Gasteiger partial charge in [-0.1, -0.05) is 0 Å². The largest absolute Gasteiger partial charge is 0.484 e. The SMILES string of the molecule is COCCNCc1cc([N+](=O)[O-])ccc1OCC(F)(F)F. The Labute approximate surface area is 119 Å². The monoisotopic (exact) mass is 308 g/mol. The third-order valence-corrected chi connectivity index (χ3v) is 2.44. The van der Waals surface area contributed by atoms with Crippen molar-refractivity contribution in [1.82, 2.24) is 5.32 Å². The van der Waals surface area contributed by atoms with E-state index in [9.17, 15) is 23.3 Å². The summed E-state index contributed by atoms with van der Waals surface area (Å²) in [5, 5.41) is 13.6. The molecule has 0 saturated carbocycles. The highest BCUT2D eigenvalue weighted by molar-refractivity contribution is 5.43. The van der Waals surface area contributed by atoms with Crippen LogP contribution < -0.4 is 10.1 Å². The number of alkyl halides is 3. The Bertz CT molecular complexity index is 480. The number of non-ortho nitro benzene ring substituents is 1. The molecule has 0 heterocycles. The Morgan fingerprint density at radius 1 is 1.38 bits per heavy atom. The number of ether oxygens (including phenoxy) is 2. The molecule has 0 saturated heterocycles. The van der Waals surface area contributed by atoms with Crippen molar-refractivity contribution in [3.8, 4) is 5.75 Å². The molecule has 1 N–H and O–H groups in total. The third-order valence-electron chi connectivity index (χ3n) is 2.44. The topological polar surface area (TPSA) is 73.6 Å². The predicted octanol–water partition coefficient (Wildman–Crippen LogP) is 2.27. The number of methoxy groups -OCH3 is 1. The van der Waals surface area contributed by atoms with Gasteiger partial charge in [-0.25, -0.2) is 0 Å². The molecule has 0 bridgehead atoms. The molecule has 1 aromatic carbocycles. The van der Waals surface area contributed by atoms with Crippen LogP contribution >= 0.6 is 0 Å². The number of halogens is 3. The van der Waals surface area contributed by atoms with E-state index in [0.717, 1.165) is 12.1 Å². The van der Waals surface area contributed by atoms with Crippen LogP contribution in [0.2, 0.25) is 0 Å². The zero-order valence-electron chi connectivity index (χ0n) is 11.3. The lowest BCUT2D eigenvalue weighted by Crippen LogP contribution is -2.22. The molecule has 1 aromatic rings. The highest BCUT2D eigenvalue weighted by Crippen LogP contribution is 2.26. The Morgan fingerprint density at radius 3 is 2.67 bits per heavy atom. The zero-order chi connectivity index (χ0) is 15.9. The van der Waals surface area contributed by atoms with E-state index in [1.807, 2.05) is 0 Å². The molecule has 0 aliphatic rings. The number of hydrogen-bond acceptors (Lipinski definition) is 5. The minimum absolute atomic E-state index is 0.0390. The number of nitrogens with one attached hydrogen (secondary N) is 1. The van der Waals surface area contributed by atoms with E-state index < -0.39 is 17.7 Å². The fourth-order valence-electron chi connectivity index (χ4n) is 1.52. The molecule has 0 aliphatic heterocycles. The van der Waals surface area contributed by atoms with E-state index in [4.69, 9.17) is 4.74 Å². The van der Waals surface area contributed by atoms with Gasteiger partial charge in [0.15, 0.2) is 6.61 Å². The average Bonchev–Trinajstić information content (AvgIpc) is 2.41. The number of hydrogen-bond donors (Lipinski definition) is 1. The first-order valence-electron chi connectivity index (χ1n) is 6.00. The van der Waals surface area contributed by atoms with Crippen molar-refractivity contribution in [2.75, 3.05) is 26.9 Å². The number of nitro benzene ring substituents is 1. The zero-order valence-corrected chi connectivity index (χ0v) is 11.3. The van der Waals surface area contributed by atoms with E-state index in [2.05, 4.69) is 10.1 Å². The van der Waals surface area contributed by atoms with Crippen LogP contribution in [0.15, 0.2) is 18.2 Å². The fraction of sp³-hybridized carbons (Fsp3) is 0.500. The van der Waals surface area contributed by atoms with Crippen LogP contribution in [0.4, 0.5) is 18.9 Å². The molecule has 6 nitrogen and oxygen atoms in total. The molecule has 1 rings (SSSR count). The van der Waals surface area contributed by atoms with Gasteiger partial charge in [0.1, 0.15) is 5.75 Å². The smallest absolute Gasteiger partial charge is 0.422 e. The normalized spacial score (nSPS) is 11.4. The minimum Gasteiger partial charge on any atom is -0.484 e. The maximum Gasteiger partial charge on any atom is 0.422 e. The van der Waals surface area contributed by atoms with Crippen molar-refractivity contribution in [3.63, 3.8) is 0 Å². The lowest BCUT2D eigenvalue weighted by molar-refractivity contribution is -0.384. The van der Waals surface area contributed by atoms with Gasteiger partial charge in [0.2, 0.25) is 0 Å². The van der Waals surface area contributed by atoms with Crippen molar-refractivity contribution >= 4 is 5.69 Å². The molecular weight excluding hydrogens is 293 g/mol. The summed E-state index contributed by atoms with van der Waals surface area (Å²) >= 11 is 0. The van der Waals surface area contributed by atoms with Crippen LogP contribution in [0, 0.1) is 10.1 Å². The van der Waals surface area contributed by atoms with Crippen LogP contribution in [0.25, 0.3) is 0 Å². The molecule has 0 radical (unpaired) electrons. The molecule has 0 aliphatic carbocycles. The summed E-state index contributed by atoms with van der Waals surface area (Å²) in [4.78, 5) is 10.1. The van der Waals surface area contributed by atoms with Gasteiger partial charge in [-0.05, 0) is 6.07 Å². The lowest BCUT2D eigenvalue weighted by atomic mass is 10.1. The summed E-state index contributed by atoms with van der Waals surface area (Å²) in [6, 6.07) is 3.45. The van der Waals surface area contributed by atoms with Gasteiger partial charge in [0.25, 0.3) is 5.69 Å². The molecular formula is C12H15F3N2O4. The molecule has 0 fully saturated rings. The average molecular weight is 308 g/mol. The Kier molecular flexibility index (Phi) is 6.38. The molecule has 0 amide bonds. The molecule has 0 atom stereocenters. The van der Waals surface area contributed by atoms with Gasteiger partial charge in [-0.2, -0.15) is 13.2 Å². The number of nitro groups is 1. The van der Waals surface area contributed by atoms with Gasteiger partial charge in [0.05, 0.1) is 11.5 Å². The summed E-state index contributed by atoms with van der Waals surface area (Å²) in [7, 11) is 1.51. The first-order chi connectivity index (χ1) is 9.83. The van der Waals surface area contributed by atoms with Gasteiger partial charge in [-0.15, -0.1) is 0 Å². The van der Waals surface area contributed by atoms with E-state index in [1.165, 1.54) is 13.2 Å². The van der Waals surface area contributed by atoms with Crippen LogP contribution in [0.1, 0.15) is 5.56 Å². The number of nitrogens with zero attached hydrogens (tertiary/aromatic N) is 1. The van der Waals surface area contributed by atoms with Crippen LogP contribution in [0.5, 0.6) is 5.75 Å². The van der Waals surface area contributed by atoms with Crippen molar-refractivity contribution in [3.05, 3.63) is 33.9 Å². The van der Waals surface area contributed by atoms with Crippen molar-refractivity contribution in [2.24, 2.45) is 0 Å². The Morgan fingerprint density at radius 2 is 2.10 bits per heavy atom. The van der Waals surface area contributed by atoms with E-state index in [-0.39, 0.29) is 23.5 Å². The third kappa shape index (κ3) is 6.41. The second-order valence-electron chi connectivity index (χ2n) is 4.12. The Hall–Kier alpha value is -1.87. The highest BCUT2D eigenvalue weighted by Gasteiger charge is 2.29. The molecule has 21 heavy (non-hydrogen) atoms. The summed E-state index contributed by atoms with van der Waals surface area (Å²) < 4.78 is 46.0. The maximum atomic E-state index is 12.2. The molecule has 0 spiro atoms. The van der Waals surface area contributed by atoms with Gasteiger partial charge in [-0.3, -0.25) is 10.1 Å². The van der Waals surface area contributed by atoms with Crippen molar-refractivity contribution in [2.45, 2.75) is 12.7 Å². The van der Waals surface area contributed by atoms with E-state index >= 15 is 0 Å². The molecule has 118 valence electrons. The van der Waals surface area contributed by atoms with Gasteiger partial charge in [0, 0.05) is 37.9 Å². The first kappa shape index (κ1) is 17.2. The quantitative estimate of drug-likeness (QED) is 0.453. The Balaban J connectivity index is 2.81. The second kappa shape index (κ2) is 7.79. The number of rotatable bonds is 8. The van der Waals surface area contributed by atoms with E-state index in [0.29, 0.717) is 13.2 Å². The summed E-state index contributed by atoms with van der Waals surface area (Å²) in [5.74, 6) is -0.0390. The first-order valence-corrected chi connectivity index (χ1v) is 6.00. The lowest BCUT2D eigenvalue weighted by Gasteiger charge is -2.13. The molecule has 0 unspecified atom stereocenters. The summed E-state index contributed by atoms with van der Waals surface area (Å²) in [6.45, 7) is -0.445. The summed E-state index contributed by atoms with van der Waals surface area (Å²) in [5.41, 5.74) is 0.0717. The van der Waals surface area contributed by atoms with Gasteiger partial charge < -0.3 is 14.8 Å². The predicted molar refractivity (Wildman–Crippen MR) is 68.2 cm³/mol. The van der Waals surface area contributed by atoms with Crippen molar-refractivity contribution < 1.29 is 27.6 Å². The minimum atomic E-state index is -4.47. The van der Waals surface area contributed by atoms with Gasteiger partial charge >= 0.3 is 6.18 Å². The highest BCUT2D eigenvalue weighted by atomic mass is 19.4. The fourth-order valence-corrected chi connectivity index (χ4v) is 1.52. The van der Waals surface area contributed by atoms with Crippen LogP contribution in [-0.2, 0) is 11.3 Å². The molecule has 0 aromatic heterocycles. The second-order valence-corrected chi connectivity index (χ2v) is 4.12. The standard InChI is InChI=1S/C12H15F3N2O4/c1-20-5-4-16-7-9-6-10(17(18)19)2-3-11(9)21-8-12(13,14)15/h2-3,6,16H,4-5,7-8H2,1H3. The number of benzene rings is 1. The maximum absolute atomic E-state index is 12.2. The molecule has 9 heteroatoms. The van der Waals surface area contributed by atoms with Crippen LogP contribution in [0.3, 0.4) is 0 Å². The van der Waals surface area contributed by atoms with E-state index in [1.54, 1.807) is 0 Å². The summed E-state index contributed by atoms with van der Waals surface area (Å²) in [6.07, 6.45) is -4.47.